The van der Waals surface area contributed by atoms with E-state index in [0.29, 0.717) is 0 Å². The summed E-state index contributed by atoms with van der Waals surface area (Å²) in [6.07, 6.45) is 4.04. The molecule has 2 aromatic rings. The lowest BCUT2D eigenvalue weighted by Crippen LogP contribution is -2.00. The SMILES string of the molecule is O=C(c1ccccc1)c1ccc(C=CCBr)cc1. The quantitative estimate of drug-likeness (QED) is 0.607. The van der Waals surface area contributed by atoms with Gasteiger partial charge in [0, 0.05) is 16.5 Å². The van der Waals surface area contributed by atoms with Crippen LogP contribution in [0.5, 0.6) is 0 Å². The summed E-state index contributed by atoms with van der Waals surface area (Å²) in [6.45, 7) is 0. The highest BCUT2D eigenvalue weighted by Gasteiger charge is 2.07. The molecule has 0 unspecified atom stereocenters. The Hall–Kier alpha value is -1.67. The van der Waals surface area contributed by atoms with Crippen molar-refractivity contribution in [3.8, 4) is 0 Å². The predicted molar refractivity (Wildman–Crippen MR) is 79.1 cm³/mol. The largest absolute Gasteiger partial charge is 0.289 e. The van der Waals surface area contributed by atoms with Crippen LogP contribution >= 0.6 is 15.9 Å². The number of hydrogen-bond acceptors (Lipinski definition) is 1. The van der Waals surface area contributed by atoms with Crippen molar-refractivity contribution in [2.24, 2.45) is 0 Å². The van der Waals surface area contributed by atoms with Crippen LogP contribution in [0.1, 0.15) is 21.5 Å². The molecule has 0 saturated heterocycles. The zero-order valence-corrected chi connectivity index (χ0v) is 11.4. The number of hydrogen-bond donors (Lipinski definition) is 0. The van der Waals surface area contributed by atoms with Gasteiger partial charge in [0.25, 0.3) is 0 Å². The van der Waals surface area contributed by atoms with Crippen LogP contribution in [0.3, 0.4) is 0 Å². The van der Waals surface area contributed by atoms with Crippen molar-refractivity contribution >= 4 is 27.8 Å². The molecule has 0 radical (unpaired) electrons. The number of benzene rings is 2. The molecular formula is C16H13BrO. The predicted octanol–water partition coefficient (Wildman–Crippen LogP) is 4.33. The maximum Gasteiger partial charge on any atom is 0.193 e. The van der Waals surface area contributed by atoms with Crippen LogP contribution in [0, 0.1) is 0 Å². The smallest absolute Gasteiger partial charge is 0.193 e. The fourth-order valence-electron chi connectivity index (χ4n) is 1.68. The number of ketones is 1. The molecule has 0 fully saturated rings. The molecule has 0 bridgehead atoms. The summed E-state index contributed by atoms with van der Waals surface area (Å²) in [6, 6.07) is 17.0. The van der Waals surface area contributed by atoms with Gasteiger partial charge in [-0.3, -0.25) is 4.79 Å². The Morgan fingerprint density at radius 2 is 1.56 bits per heavy atom. The van der Waals surface area contributed by atoms with Gasteiger partial charge in [-0.2, -0.15) is 0 Å². The molecule has 0 N–H and O–H groups in total. The second-order valence-corrected chi connectivity index (χ2v) is 4.52. The van der Waals surface area contributed by atoms with E-state index < -0.39 is 0 Å². The van der Waals surface area contributed by atoms with Gasteiger partial charge < -0.3 is 0 Å². The van der Waals surface area contributed by atoms with E-state index in [4.69, 9.17) is 0 Å². The average Bonchev–Trinajstić information content (AvgIpc) is 2.46. The summed E-state index contributed by atoms with van der Waals surface area (Å²) >= 11 is 3.33. The molecule has 0 aromatic heterocycles. The first-order valence-corrected chi connectivity index (χ1v) is 6.86. The highest BCUT2D eigenvalue weighted by atomic mass is 79.9. The van der Waals surface area contributed by atoms with Crippen LogP contribution in [0.4, 0.5) is 0 Å². The molecule has 0 atom stereocenters. The third kappa shape index (κ3) is 3.17. The number of rotatable bonds is 4. The lowest BCUT2D eigenvalue weighted by molar-refractivity contribution is 0.103. The van der Waals surface area contributed by atoms with Crippen molar-refractivity contribution in [3.05, 3.63) is 77.4 Å². The second-order valence-electron chi connectivity index (χ2n) is 3.87. The molecule has 0 aliphatic heterocycles. The van der Waals surface area contributed by atoms with Crippen molar-refractivity contribution in [2.45, 2.75) is 0 Å². The minimum absolute atomic E-state index is 0.0617. The molecule has 0 aliphatic carbocycles. The molecule has 0 aliphatic rings. The molecule has 2 heteroatoms. The number of allylic oxidation sites excluding steroid dienone is 1. The normalized spacial score (nSPS) is 10.7. The van der Waals surface area contributed by atoms with E-state index in [1.165, 1.54) is 0 Å². The Kier molecular flexibility index (Phi) is 4.48. The van der Waals surface area contributed by atoms with Crippen molar-refractivity contribution in [1.29, 1.82) is 0 Å². The fourth-order valence-corrected chi connectivity index (χ4v) is 1.87. The first-order chi connectivity index (χ1) is 8.81. The van der Waals surface area contributed by atoms with E-state index in [1.54, 1.807) is 0 Å². The summed E-state index contributed by atoms with van der Waals surface area (Å²) in [4.78, 5) is 12.1. The maximum absolute atomic E-state index is 12.1. The molecule has 0 saturated carbocycles. The fraction of sp³-hybridized carbons (Fsp3) is 0.0625. The molecule has 0 heterocycles. The van der Waals surface area contributed by atoms with Crippen LogP contribution in [-0.2, 0) is 0 Å². The second kappa shape index (κ2) is 6.31. The lowest BCUT2D eigenvalue weighted by Gasteiger charge is -2.01. The van der Waals surface area contributed by atoms with E-state index in [0.717, 1.165) is 22.0 Å². The van der Waals surface area contributed by atoms with Crippen molar-refractivity contribution < 1.29 is 4.79 Å². The number of halogens is 1. The van der Waals surface area contributed by atoms with E-state index in [1.807, 2.05) is 66.7 Å². The molecule has 0 spiro atoms. The van der Waals surface area contributed by atoms with E-state index in [-0.39, 0.29) is 5.78 Å². The Morgan fingerprint density at radius 3 is 2.17 bits per heavy atom. The monoisotopic (exact) mass is 300 g/mol. The van der Waals surface area contributed by atoms with E-state index >= 15 is 0 Å². The molecule has 0 amide bonds. The van der Waals surface area contributed by atoms with Gasteiger partial charge in [0.1, 0.15) is 0 Å². The molecule has 18 heavy (non-hydrogen) atoms. The van der Waals surface area contributed by atoms with Gasteiger partial charge in [0.2, 0.25) is 0 Å². The van der Waals surface area contributed by atoms with E-state index in [9.17, 15) is 4.79 Å². The summed E-state index contributed by atoms with van der Waals surface area (Å²) in [7, 11) is 0. The third-order valence-electron chi connectivity index (χ3n) is 2.61. The van der Waals surface area contributed by atoms with Crippen LogP contribution in [0.15, 0.2) is 60.7 Å². The van der Waals surface area contributed by atoms with Crippen molar-refractivity contribution in [2.75, 3.05) is 5.33 Å². The van der Waals surface area contributed by atoms with Crippen LogP contribution in [-0.4, -0.2) is 11.1 Å². The highest BCUT2D eigenvalue weighted by Crippen LogP contribution is 2.12. The number of alkyl halides is 1. The van der Waals surface area contributed by atoms with Gasteiger partial charge in [0.05, 0.1) is 0 Å². The van der Waals surface area contributed by atoms with Gasteiger partial charge in [0.15, 0.2) is 5.78 Å². The molecule has 90 valence electrons. The van der Waals surface area contributed by atoms with E-state index in [2.05, 4.69) is 15.9 Å². The highest BCUT2D eigenvalue weighted by molar-refractivity contribution is 9.09. The van der Waals surface area contributed by atoms with Crippen LogP contribution in [0.2, 0.25) is 0 Å². The van der Waals surface area contributed by atoms with Crippen LogP contribution < -0.4 is 0 Å². The Morgan fingerprint density at radius 1 is 0.944 bits per heavy atom. The minimum atomic E-state index is 0.0617. The standard InChI is InChI=1S/C16H13BrO/c17-12-4-5-13-8-10-15(11-9-13)16(18)14-6-2-1-3-7-14/h1-11H,12H2. The first-order valence-electron chi connectivity index (χ1n) is 5.73. The average molecular weight is 301 g/mol. The molecule has 2 aromatic carbocycles. The summed E-state index contributed by atoms with van der Waals surface area (Å²) in [5, 5.41) is 0.831. The summed E-state index contributed by atoms with van der Waals surface area (Å²) in [5.74, 6) is 0.0617. The number of carbonyl (C=O) groups is 1. The van der Waals surface area contributed by atoms with Gasteiger partial charge in [-0.05, 0) is 5.56 Å². The molecular weight excluding hydrogens is 288 g/mol. The Bertz CT molecular complexity index is 541. The molecule has 1 nitrogen and oxygen atoms in total. The van der Waals surface area contributed by atoms with Gasteiger partial charge >= 0.3 is 0 Å². The topological polar surface area (TPSA) is 17.1 Å². The Balaban J connectivity index is 2.20. The minimum Gasteiger partial charge on any atom is -0.289 e. The zero-order chi connectivity index (χ0) is 12.8. The zero-order valence-electron chi connectivity index (χ0n) is 9.84. The lowest BCUT2D eigenvalue weighted by atomic mass is 10.0. The van der Waals surface area contributed by atoms with Gasteiger partial charge in [-0.1, -0.05) is 82.7 Å². The molecule has 2 rings (SSSR count). The van der Waals surface area contributed by atoms with Crippen molar-refractivity contribution in [3.63, 3.8) is 0 Å². The first kappa shape index (κ1) is 12.8. The van der Waals surface area contributed by atoms with Crippen LogP contribution in [0.25, 0.3) is 6.08 Å². The third-order valence-corrected chi connectivity index (χ3v) is 2.98. The maximum atomic E-state index is 12.1. The Labute approximate surface area is 115 Å². The summed E-state index contributed by atoms with van der Waals surface area (Å²) in [5.41, 5.74) is 2.54. The number of carbonyl (C=O) groups excluding carboxylic acids is 1. The van der Waals surface area contributed by atoms with Gasteiger partial charge in [-0.25, -0.2) is 0 Å². The van der Waals surface area contributed by atoms with Crippen molar-refractivity contribution in [1.82, 2.24) is 0 Å². The summed E-state index contributed by atoms with van der Waals surface area (Å²) < 4.78 is 0. The van der Waals surface area contributed by atoms with Gasteiger partial charge in [-0.15, -0.1) is 0 Å².